The van der Waals surface area contributed by atoms with Gasteiger partial charge in [-0.05, 0) is 31.5 Å². The fraction of sp³-hybridized carbons (Fsp3) is 0.333. The van der Waals surface area contributed by atoms with Crippen molar-refractivity contribution in [1.82, 2.24) is 0 Å². The average molecular weight is 245 g/mol. The SMILES string of the molecule is COc1ccc(C)cc1C(N)CCc1ccco1. The van der Waals surface area contributed by atoms with Crippen molar-refractivity contribution in [3.05, 3.63) is 53.5 Å². The summed E-state index contributed by atoms with van der Waals surface area (Å²) in [6.07, 6.45) is 3.37. The molecule has 2 N–H and O–H groups in total. The molecule has 1 aromatic heterocycles. The molecule has 1 heterocycles. The zero-order valence-electron chi connectivity index (χ0n) is 10.8. The van der Waals surface area contributed by atoms with Crippen molar-refractivity contribution >= 4 is 0 Å². The summed E-state index contributed by atoms with van der Waals surface area (Å²) in [4.78, 5) is 0. The third kappa shape index (κ3) is 2.93. The third-order valence-corrected chi connectivity index (χ3v) is 3.07. The van der Waals surface area contributed by atoms with Gasteiger partial charge in [-0.25, -0.2) is 0 Å². The van der Waals surface area contributed by atoms with E-state index in [-0.39, 0.29) is 6.04 Å². The normalized spacial score (nSPS) is 12.4. The largest absolute Gasteiger partial charge is 0.496 e. The predicted molar refractivity (Wildman–Crippen MR) is 71.7 cm³/mol. The molecule has 0 amide bonds. The van der Waals surface area contributed by atoms with E-state index in [2.05, 4.69) is 13.0 Å². The van der Waals surface area contributed by atoms with Crippen molar-refractivity contribution in [1.29, 1.82) is 0 Å². The van der Waals surface area contributed by atoms with Gasteiger partial charge in [0.25, 0.3) is 0 Å². The summed E-state index contributed by atoms with van der Waals surface area (Å²) < 4.78 is 10.7. The number of hydrogen-bond donors (Lipinski definition) is 1. The predicted octanol–water partition coefficient (Wildman–Crippen LogP) is 3.23. The first-order valence-corrected chi connectivity index (χ1v) is 6.13. The Morgan fingerprint density at radius 2 is 2.17 bits per heavy atom. The molecule has 0 radical (unpaired) electrons. The maximum Gasteiger partial charge on any atom is 0.123 e. The van der Waals surface area contributed by atoms with Crippen LogP contribution in [0.25, 0.3) is 0 Å². The Morgan fingerprint density at radius 3 is 2.83 bits per heavy atom. The molecule has 0 saturated carbocycles. The molecule has 96 valence electrons. The van der Waals surface area contributed by atoms with Gasteiger partial charge in [0.2, 0.25) is 0 Å². The van der Waals surface area contributed by atoms with Crippen molar-refractivity contribution in [2.24, 2.45) is 5.73 Å². The molecule has 0 aliphatic rings. The minimum Gasteiger partial charge on any atom is -0.496 e. The van der Waals surface area contributed by atoms with Gasteiger partial charge in [0.05, 0.1) is 13.4 Å². The molecule has 0 aliphatic carbocycles. The van der Waals surface area contributed by atoms with E-state index in [0.29, 0.717) is 0 Å². The molecule has 18 heavy (non-hydrogen) atoms. The van der Waals surface area contributed by atoms with Crippen molar-refractivity contribution in [2.45, 2.75) is 25.8 Å². The Labute approximate surface area is 108 Å². The molecule has 0 spiro atoms. The Bertz CT molecular complexity index is 491. The van der Waals surface area contributed by atoms with E-state index in [4.69, 9.17) is 14.9 Å². The lowest BCUT2D eigenvalue weighted by Gasteiger charge is -2.16. The highest BCUT2D eigenvalue weighted by molar-refractivity contribution is 5.39. The molecular formula is C15H19NO2. The highest BCUT2D eigenvalue weighted by Gasteiger charge is 2.12. The van der Waals surface area contributed by atoms with Gasteiger partial charge in [0.15, 0.2) is 0 Å². The first-order valence-electron chi connectivity index (χ1n) is 6.13. The third-order valence-electron chi connectivity index (χ3n) is 3.07. The fourth-order valence-electron chi connectivity index (χ4n) is 2.05. The summed E-state index contributed by atoms with van der Waals surface area (Å²) in [5.41, 5.74) is 8.49. The first-order chi connectivity index (χ1) is 8.70. The minimum atomic E-state index is -0.0371. The van der Waals surface area contributed by atoms with Crippen LogP contribution in [0.15, 0.2) is 41.0 Å². The average Bonchev–Trinajstić information content (AvgIpc) is 2.89. The molecule has 3 nitrogen and oxygen atoms in total. The van der Waals surface area contributed by atoms with Crippen LogP contribution >= 0.6 is 0 Å². The monoisotopic (exact) mass is 245 g/mol. The first kappa shape index (κ1) is 12.7. The van der Waals surface area contributed by atoms with Gasteiger partial charge in [-0.15, -0.1) is 0 Å². The topological polar surface area (TPSA) is 48.4 Å². The Hall–Kier alpha value is -1.74. The second-order valence-electron chi connectivity index (χ2n) is 4.47. The molecular weight excluding hydrogens is 226 g/mol. The van der Waals surface area contributed by atoms with E-state index < -0.39 is 0 Å². The van der Waals surface area contributed by atoms with Crippen molar-refractivity contribution in [2.75, 3.05) is 7.11 Å². The van der Waals surface area contributed by atoms with Crippen LogP contribution in [0.2, 0.25) is 0 Å². The van der Waals surface area contributed by atoms with Gasteiger partial charge in [0.1, 0.15) is 11.5 Å². The van der Waals surface area contributed by atoms with Gasteiger partial charge in [-0.2, -0.15) is 0 Å². The van der Waals surface area contributed by atoms with Crippen LogP contribution in [0.4, 0.5) is 0 Å². The van der Waals surface area contributed by atoms with Crippen molar-refractivity contribution in [3.8, 4) is 5.75 Å². The molecule has 2 rings (SSSR count). The fourth-order valence-corrected chi connectivity index (χ4v) is 2.05. The zero-order chi connectivity index (χ0) is 13.0. The molecule has 0 bridgehead atoms. The number of furan rings is 1. The summed E-state index contributed by atoms with van der Waals surface area (Å²) in [5.74, 6) is 1.82. The molecule has 1 atom stereocenters. The number of hydrogen-bond acceptors (Lipinski definition) is 3. The van der Waals surface area contributed by atoms with Crippen LogP contribution in [0.3, 0.4) is 0 Å². The zero-order valence-corrected chi connectivity index (χ0v) is 10.8. The van der Waals surface area contributed by atoms with Crippen LogP contribution in [0.1, 0.15) is 29.3 Å². The number of nitrogens with two attached hydrogens (primary N) is 1. The van der Waals surface area contributed by atoms with Crippen LogP contribution in [-0.2, 0) is 6.42 Å². The second-order valence-corrected chi connectivity index (χ2v) is 4.47. The summed E-state index contributed by atoms with van der Waals surface area (Å²) >= 11 is 0. The van der Waals surface area contributed by atoms with Crippen LogP contribution < -0.4 is 10.5 Å². The number of ether oxygens (including phenoxy) is 1. The molecule has 3 heteroatoms. The lowest BCUT2D eigenvalue weighted by Crippen LogP contribution is -2.12. The molecule has 2 aromatic rings. The second kappa shape index (κ2) is 5.74. The van der Waals surface area contributed by atoms with Crippen LogP contribution in [0, 0.1) is 6.92 Å². The molecule has 0 fully saturated rings. The van der Waals surface area contributed by atoms with Crippen molar-refractivity contribution in [3.63, 3.8) is 0 Å². The lowest BCUT2D eigenvalue weighted by atomic mass is 9.99. The smallest absolute Gasteiger partial charge is 0.123 e. The molecule has 1 aromatic carbocycles. The van der Waals surface area contributed by atoms with Gasteiger partial charge in [0, 0.05) is 18.0 Å². The highest BCUT2D eigenvalue weighted by atomic mass is 16.5. The number of benzene rings is 1. The van der Waals surface area contributed by atoms with Crippen molar-refractivity contribution < 1.29 is 9.15 Å². The Kier molecular flexibility index (Phi) is 4.05. The van der Waals surface area contributed by atoms with Gasteiger partial charge < -0.3 is 14.9 Å². The minimum absolute atomic E-state index is 0.0371. The Morgan fingerprint density at radius 1 is 1.33 bits per heavy atom. The summed E-state index contributed by atoms with van der Waals surface area (Å²) in [7, 11) is 1.67. The molecule has 1 unspecified atom stereocenters. The van der Waals surface area contributed by atoms with E-state index in [1.165, 1.54) is 5.56 Å². The van der Waals surface area contributed by atoms with E-state index in [0.717, 1.165) is 29.9 Å². The van der Waals surface area contributed by atoms with Crippen LogP contribution in [-0.4, -0.2) is 7.11 Å². The lowest BCUT2D eigenvalue weighted by molar-refractivity contribution is 0.402. The number of methoxy groups -OCH3 is 1. The molecule has 0 aliphatic heterocycles. The van der Waals surface area contributed by atoms with E-state index >= 15 is 0 Å². The van der Waals surface area contributed by atoms with Crippen LogP contribution in [0.5, 0.6) is 5.75 Å². The highest BCUT2D eigenvalue weighted by Crippen LogP contribution is 2.27. The maximum absolute atomic E-state index is 6.24. The van der Waals surface area contributed by atoms with E-state index in [9.17, 15) is 0 Å². The standard InChI is InChI=1S/C15H19NO2/c1-11-5-8-15(17-2)13(10-11)14(16)7-6-12-4-3-9-18-12/h3-5,8-10,14H,6-7,16H2,1-2H3. The van der Waals surface area contributed by atoms with E-state index in [1.54, 1.807) is 13.4 Å². The maximum atomic E-state index is 6.24. The van der Waals surface area contributed by atoms with Gasteiger partial charge >= 0.3 is 0 Å². The number of aryl methyl sites for hydroxylation is 2. The Balaban J connectivity index is 2.08. The summed E-state index contributed by atoms with van der Waals surface area (Å²) in [6, 6.07) is 9.92. The van der Waals surface area contributed by atoms with Gasteiger partial charge in [-0.3, -0.25) is 0 Å². The van der Waals surface area contributed by atoms with E-state index in [1.807, 2.05) is 24.3 Å². The number of rotatable bonds is 5. The summed E-state index contributed by atoms with van der Waals surface area (Å²) in [5, 5.41) is 0. The summed E-state index contributed by atoms with van der Waals surface area (Å²) in [6.45, 7) is 2.06. The quantitative estimate of drug-likeness (QED) is 0.879. The molecule has 0 saturated heterocycles. The van der Waals surface area contributed by atoms with Gasteiger partial charge in [-0.1, -0.05) is 17.7 Å².